The van der Waals surface area contributed by atoms with Crippen molar-refractivity contribution in [3.05, 3.63) is 53.9 Å². The van der Waals surface area contributed by atoms with Gasteiger partial charge in [0.25, 0.3) is 0 Å². The summed E-state index contributed by atoms with van der Waals surface area (Å²) in [6.45, 7) is 4.69. The van der Waals surface area contributed by atoms with E-state index in [1.54, 1.807) is 25.6 Å². The van der Waals surface area contributed by atoms with Crippen molar-refractivity contribution in [1.82, 2.24) is 24.6 Å². The average Bonchev–Trinajstić information content (AvgIpc) is 3.40. The molecule has 0 saturated heterocycles. The summed E-state index contributed by atoms with van der Waals surface area (Å²) in [7, 11) is 3.36. The lowest BCUT2D eigenvalue weighted by Gasteiger charge is -2.33. The lowest BCUT2D eigenvalue weighted by molar-refractivity contribution is 0.155. The first-order chi connectivity index (χ1) is 14.7. The van der Waals surface area contributed by atoms with Gasteiger partial charge >= 0.3 is 0 Å². The number of nitrogens with zero attached hydrogens (tertiary/aromatic N) is 5. The van der Waals surface area contributed by atoms with Gasteiger partial charge < -0.3 is 14.0 Å². The summed E-state index contributed by atoms with van der Waals surface area (Å²) in [5.74, 6) is 3.47. The average molecular weight is 422 g/mol. The number of hydrogen-bond acceptors (Lipinski definition) is 7. The molecule has 0 radical (unpaired) electrons. The number of rotatable bonds is 5. The topological polar surface area (TPSA) is 65.3 Å². The summed E-state index contributed by atoms with van der Waals surface area (Å²) in [5.41, 5.74) is 2.14. The number of aromatic nitrogens is 4. The summed E-state index contributed by atoms with van der Waals surface area (Å²) in [4.78, 5) is 7.17. The van der Waals surface area contributed by atoms with Gasteiger partial charge in [0, 0.05) is 31.3 Å². The maximum absolute atomic E-state index is 5.58. The van der Waals surface area contributed by atoms with Crippen LogP contribution in [0.5, 0.6) is 11.5 Å². The number of para-hydroxylation sites is 1. The highest BCUT2D eigenvalue weighted by atomic mass is 32.1. The summed E-state index contributed by atoms with van der Waals surface area (Å²) in [6.07, 6.45) is 0. The van der Waals surface area contributed by atoms with E-state index in [-0.39, 0.29) is 6.04 Å². The minimum Gasteiger partial charge on any atom is -0.497 e. The number of hydrogen-bond donors (Lipinski definition) is 0. The van der Waals surface area contributed by atoms with E-state index in [4.69, 9.17) is 14.5 Å². The van der Waals surface area contributed by atoms with Crippen molar-refractivity contribution in [3.8, 4) is 22.3 Å². The SMILES string of the molecule is COc1ccc(CN2CCn3c(-c4nc5ccccc5s4)nnc3C2C)c(OC)c1. The minimum absolute atomic E-state index is 0.140. The van der Waals surface area contributed by atoms with Crippen LogP contribution in [-0.4, -0.2) is 45.4 Å². The molecule has 0 aliphatic carbocycles. The molecule has 154 valence electrons. The Morgan fingerprint density at radius 2 is 1.93 bits per heavy atom. The molecule has 5 rings (SSSR count). The van der Waals surface area contributed by atoms with Crippen LogP contribution in [-0.2, 0) is 13.1 Å². The predicted octanol–water partition coefficient (Wildman–Crippen LogP) is 4.15. The largest absolute Gasteiger partial charge is 0.497 e. The fourth-order valence-corrected chi connectivity index (χ4v) is 4.93. The van der Waals surface area contributed by atoms with Crippen LogP contribution in [0.1, 0.15) is 24.4 Å². The van der Waals surface area contributed by atoms with Gasteiger partial charge in [-0.1, -0.05) is 18.2 Å². The standard InChI is InChI=1S/C22H23N5O2S/c1-14-20-24-25-21(22-23-17-6-4-5-7-19(17)30-22)27(20)11-10-26(14)13-15-8-9-16(28-2)12-18(15)29-3/h4-9,12,14H,10-11,13H2,1-3H3. The van der Waals surface area contributed by atoms with E-state index in [2.05, 4.69) is 38.7 Å². The molecule has 1 atom stereocenters. The lowest BCUT2D eigenvalue weighted by atomic mass is 10.1. The third-order valence-electron chi connectivity index (χ3n) is 5.66. The maximum Gasteiger partial charge on any atom is 0.193 e. The summed E-state index contributed by atoms with van der Waals surface area (Å²) in [6, 6.07) is 14.3. The molecule has 1 unspecified atom stereocenters. The molecule has 0 saturated carbocycles. The monoisotopic (exact) mass is 421 g/mol. The maximum atomic E-state index is 5.58. The van der Waals surface area contributed by atoms with Gasteiger partial charge in [0.05, 0.1) is 30.5 Å². The molecule has 7 nitrogen and oxygen atoms in total. The lowest BCUT2D eigenvalue weighted by Crippen LogP contribution is -2.36. The quantitative estimate of drug-likeness (QED) is 0.482. The van der Waals surface area contributed by atoms with E-state index in [1.807, 2.05) is 30.3 Å². The molecular formula is C22H23N5O2S. The first kappa shape index (κ1) is 19.0. The Kier molecular flexibility index (Phi) is 4.88. The Bertz CT molecular complexity index is 1170. The van der Waals surface area contributed by atoms with Crippen LogP contribution >= 0.6 is 11.3 Å². The van der Waals surface area contributed by atoms with Crippen molar-refractivity contribution >= 4 is 21.6 Å². The van der Waals surface area contributed by atoms with Crippen molar-refractivity contribution in [2.75, 3.05) is 20.8 Å². The number of ether oxygens (including phenoxy) is 2. The van der Waals surface area contributed by atoms with Crippen LogP contribution in [0.3, 0.4) is 0 Å². The summed E-state index contributed by atoms with van der Waals surface area (Å²) >= 11 is 1.66. The Hall–Kier alpha value is -2.97. The number of methoxy groups -OCH3 is 2. The van der Waals surface area contributed by atoms with E-state index in [1.165, 1.54) is 4.70 Å². The van der Waals surface area contributed by atoms with Crippen LogP contribution in [0.15, 0.2) is 42.5 Å². The molecular weight excluding hydrogens is 398 g/mol. The Morgan fingerprint density at radius 1 is 1.07 bits per heavy atom. The van der Waals surface area contributed by atoms with Crippen molar-refractivity contribution in [1.29, 1.82) is 0 Å². The normalized spacial score (nSPS) is 16.6. The molecule has 0 spiro atoms. The smallest absolute Gasteiger partial charge is 0.193 e. The van der Waals surface area contributed by atoms with Gasteiger partial charge in [-0.2, -0.15) is 0 Å². The second-order valence-electron chi connectivity index (χ2n) is 7.34. The highest BCUT2D eigenvalue weighted by Gasteiger charge is 2.30. The molecule has 0 N–H and O–H groups in total. The molecule has 30 heavy (non-hydrogen) atoms. The number of fused-ring (bicyclic) bond motifs is 2. The molecule has 0 bridgehead atoms. The van der Waals surface area contributed by atoms with Crippen molar-refractivity contribution < 1.29 is 9.47 Å². The zero-order chi connectivity index (χ0) is 20.7. The Morgan fingerprint density at radius 3 is 2.73 bits per heavy atom. The minimum atomic E-state index is 0.140. The van der Waals surface area contributed by atoms with Crippen LogP contribution in [0, 0.1) is 0 Å². The van der Waals surface area contributed by atoms with E-state index in [0.717, 1.165) is 58.9 Å². The molecule has 4 aromatic rings. The third-order valence-corrected chi connectivity index (χ3v) is 6.70. The van der Waals surface area contributed by atoms with E-state index >= 15 is 0 Å². The fourth-order valence-electron chi connectivity index (χ4n) is 3.97. The van der Waals surface area contributed by atoms with E-state index in [0.29, 0.717) is 0 Å². The van der Waals surface area contributed by atoms with Gasteiger partial charge in [-0.05, 0) is 25.1 Å². The van der Waals surface area contributed by atoms with Gasteiger partial charge in [0.15, 0.2) is 16.7 Å². The van der Waals surface area contributed by atoms with Crippen molar-refractivity contribution in [3.63, 3.8) is 0 Å². The molecule has 0 amide bonds. The summed E-state index contributed by atoms with van der Waals surface area (Å²) < 4.78 is 14.3. The molecule has 2 aromatic heterocycles. The van der Waals surface area contributed by atoms with Gasteiger partial charge in [-0.3, -0.25) is 4.90 Å². The van der Waals surface area contributed by atoms with Gasteiger partial charge in [-0.15, -0.1) is 21.5 Å². The predicted molar refractivity (Wildman–Crippen MR) is 117 cm³/mol. The van der Waals surface area contributed by atoms with Crippen molar-refractivity contribution in [2.45, 2.75) is 26.1 Å². The van der Waals surface area contributed by atoms with Gasteiger partial charge in [-0.25, -0.2) is 4.98 Å². The van der Waals surface area contributed by atoms with Crippen LogP contribution < -0.4 is 9.47 Å². The summed E-state index contributed by atoms with van der Waals surface area (Å²) in [5, 5.41) is 9.96. The molecule has 8 heteroatoms. The second-order valence-corrected chi connectivity index (χ2v) is 8.38. The highest BCUT2D eigenvalue weighted by molar-refractivity contribution is 7.21. The zero-order valence-corrected chi connectivity index (χ0v) is 18.0. The molecule has 0 fully saturated rings. The van der Waals surface area contributed by atoms with Gasteiger partial charge in [0.1, 0.15) is 11.5 Å². The Balaban J connectivity index is 1.42. The van der Waals surface area contributed by atoms with Crippen molar-refractivity contribution in [2.24, 2.45) is 0 Å². The van der Waals surface area contributed by atoms with Crippen LogP contribution in [0.2, 0.25) is 0 Å². The highest BCUT2D eigenvalue weighted by Crippen LogP contribution is 2.34. The first-order valence-electron chi connectivity index (χ1n) is 9.92. The van der Waals surface area contributed by atoms with E-state index in [9.17, 15) is 0 Å². The third kappa shape index (κ3) is 3.22. The molecule has 1 aliphatic rings. The molecule has 2 aromatic carbocycles. The first-order valence-corrected chi connectivity index (χ1v) is 10.7. The van der Waals surface area contributed by atoms with E-state index < -0.39 is 0 Å². The Labute approximate surface area is 178 Å². The molecule has 1 aliphatic heterocycles. The second kappa shape index (κ2) is 7.70. The number of benzene rings is 2. The van der Waals surface area contributed by atoms with Crippen LogP contribution in [0.4, 0.5) is 0 Å². The van der Waals surface area contributed by atoms with Crippen LogP contribution in [0.25, 0.3) is 21.0 Å². The number of thiazole rings is 1. The molecule has 3 heterocycles. The zero-order valence-electron chi connectivity index (χ0n) is 17.2. The van der Waals surface area contributed by atoms with Gasteiger partial charge in [0.2, 0.25) is 0 Å². The fraction of sp³-hybridized carbons (Fsp3) is 0.318.